The molecule has 5 aliphatic heterocycles. The van der Waals surface area contributed by atoms with Gasteiger partial charge in [-0.3, -0.25) is 24.0 Å². The van der Waals surface area contributed by atoms with Gasteiger partial charge in [-0.05, 0) is 161 Å². The predicted molar refractivity (Wildman–Crippen MR) is 414 cm³/mol. The molecule has 10 aromatic rings. The number of halogens is 2. The average molecular weight is 1510 g/mol. The molecule has 0 aliphatic carbocycles. The van der Waals surface area contributed by atoms with Gasteiger partial charge in [0.25, 0.3) is 0 Å². The molecule has 8 aromatic carbocycles. The number of carboxylic acids is 2. The van der Waals surface area contributed by atoms with Gasteiger partial charge in [0.2, 0.25) is 21.0 Å². The second-order valence-electron chi connectivity index (χ2n) is 24.5. The first-order valence-corrected chi connectivity index (χ1v) is 37.3. The summed E-state index contributed by atoms with van der Waals surface area (Å²) in [6, 6.07) is 56.3. The SMILES string of the molecule is C.C.CC(C)(C)OC(=O)N1C2CCC1CC(=O)C2.N.N#Cc1ccccc1Sc1ccccc1C(=O)O.NC(=O)c1cccc2c(=O)c3ccccc3sc12.NC(=O)c1cccc2c1Sc1ccccc1C2=C1CC2CCC(C1)N2.O=C(O)c1cccc2c(=O)c3ccccc3sc12.O=S(Cl)Cl. The van der Waals surface area contributed by atoms with Gasteiger partial charge in [-0.2, -0.15) is 5.26 Å². The summed E-state index contributed by atoms with van der Waals surface area (Å²) >= 11 is 5.72. The monoisotopic (exact) mass is 1510 g/mol. The zero-order valence-electron chi connectivity index (χ0n) is 54.2. The van der Waals surface area contributed by atoms with Gasteiger partial charge in [0.1, 0.15) is 17.5 Å². The fraction of sp³-hybridized carbons (Fsp3) is 0.234. The van der Waals surface area contributed by atoms with Crippen LogP contribution in [-0.2, 0) is 18.8 Å². The number of carbonyl (C=O) groups is 6. The number of ketones is 1. The standard InChI is InChI=1S/C21H20N2OS.2C14H9NO2S.C14H8O3S.C12H19NO3.2CH4.Cl2OS.H3N/c22-21(24)17-6-3-5-16-19(12-10-13-8-9-14(11-12)23-13)15-4-1-2-7-18(15)25-20(16)17;15-14(17)10-6-3-5-9-12(16)8-4-1-2-7-11(8)18-13(9)10;15-9-10-5-1-3-7-12(10)18-13-8-4-2-6-11(13)14(16)17;15-12-8-4-1-2-7-11(8)18-13-9(12)5-3-6-10(13)14(16)17;1-12(2,3)16-11(15)13-8-4-5-9(13)7-10(14)6-8;;;1-4(2)3;/h1-7,13-14,23H,8-11H2,(H2,22,24);1-7H,(H2,15,17);1-8H,(H,16,17);1-7H,(H,16,17);8-9H,4-7H2,1-3H3;2*1H4;;1H3. The molecular weight excluding hydrogens is 1430 g/mol. The third kappa shape index (κ3) is 19.0. The van der Waals surface area contributed by atoms with Crippen LogP contribution in [0, 0.1) is 11.3 Å². The summed E-state index contributed by atoms with van der Waals surface area (Å²) < 4.78 is 17.3. The highest BCUT2D eigenvalue weighted by atomic mass is 36.0. The van der Waals surface area contributed by atoms with Crippen LogP contribution in [0.2, 0.25) is 0 Å². The number of rotatable bonds is 6. The van der Waals surface area contributed by atoms with E-state index in [9.17, 15) is 38.4 Å². The minimum Gasteiger partial charge on any atom is -0.478 e. The number of primary amides is 2. The van der Waals surface area contributed by atoms with Gasteiger partial charge < -0.3 is 42.8 Å². The highest BCUT2D eigenvalue weighted by Gasteiger charge is 2.44. The van der Waals surface area contributed by atoms with E-state index < -0.39 is 32.7 Å². The Bertz CT molecular complexity index is 4900. The molecule has 25 heteroatoms. The Hall–Kier alpha value is -9.06. The molecule has 530 valence electrons. The van der Waals surface area contributed by atoms with E-state index in [0.717, 1.165) is 44.9 Å². The fourth-order valence-electron chi connectivity index (χ4n) is 12.6. The van der Waals surface area contributed by atoms with Gasteiger partial charge in [0.05, 0.1) is 37.2 Å². The van der Waals surface area contributed by atoms with E-state index in [1.54, 1.807) is 95.5 Å². The van der Waals surface area contributed by atoms with E-state index >= 15 is 0 Å². The van der Waals surface area contributed by atoms with Crippen LogP contribution in [0.1, 0.15) is 145 Å². The van der Waals surface area contributed by atoms with Crippen molar-refractivity contribution in [2.75, 3.05) is 0 Å². The number of nitrogens with one attached hydrogen (secondary N) is 1. The van der Waals surface area contributed by atoms with E-state index in [4.69, 9.17) is 35.9 Å². The van der Waals surface area contributed by atoms with Gasteiger partial charge in [-0.25, -0.2) is 18.6 Å². The molecule has 18 nitrogen and oxygen atoms in total. The first-order chi connectivity index (χ1) is 47.4. The highest BCUT2D eigenvalue weighted by Crippen LogP contribution is 2.50. The van der Waals surface area contributed by atoms with Crippen LogP contribution in [0.4, 0.5) is 4.79 Å². The number of hydrogen-bond acceptors (Lipinski definition) is 17. The van der Waals surface area contributed by atoms with Crippen LogP contribution in [0.15, 0.2) is 211 Å². The van der Waals surface area contributed by atoms with Crippen molar-refractivity contribution in [2.24, 2.45) is 11.5 Å². The van der Waals surface area contributed by atoms with Crippen molar-refractivity contribution in [1.29, 1.82) is 5.26 Å². The predicted octanol–water partition coefficient (Wildman–Crippen LogP) is 17.6. The molecule has 0 spiro atoms. The molecule has 4 unspecified atom stereocenters. The zero-order valence-corrected chi connectivity index (χ0v) is 59.8. The molecule has 102 heavy (non-hydrogen) atoms. The lowest BCUT2D eigenvalue weighted by Gasteiger charge is -2.35. The van der Waals surface area contributed by atoms with Gasteiger partial charge in [0, 0.05) is 109 Å². The Morgan fingerprint density at radius 1 is 0.588 bits per heavy atom. The minimum atomic E-state index is -1.67. The van der Waals surface area contributed by atoms with Crippen molar-refractivity contribution < 1.29 is 47.9 Å². The number of nitriles is 1. The second-order valence-corrected chi connectivity index (χ2v) is 31.2. The second kappa shape index (κ2) is 35.7. The van der Waals surface area contributed by atoms with Crippen molar-refractivity contribution in [3.05, 3.63) is 241 Å². The van der Waals surface area contributed by atoms with E-state index in [1.165, 1.54) is 80.5 Å². The summed E-state index contributed by atoms with van der Waals surface area (Å²) in [5.41, 5.74) is 17.7. The number of fused-ring (bicyclic) bond motifs is 10. The van der Waals surface area contributed by atoms with Crippen LogP contribution in [0.3, 0.4) is 0 Å². The maximum Gasteiger partial charge on any atom is 0.410 e. The van der Waals surface area contributed by atoms with Gasteiger partial charge in [0.15, 0.2) is 10.9 Å². The van der Waals surface area contributed by atoms with Gasteiger partial charge in [-0.15, -0.1) is 22.7 Å². The Morgan fingerprint density at radius 2 is 1.03 bits per heavy atom. The Labute approximate surface area is 618 Å². The van der Waals surface area contributed by atoms with Gasteiger partial charge >= 0.3 is 18.0 Å². The molecule has 10 N–H and O–H groups in total. The van der Waals surface area contributed by atoms with Crippen molar-refractivity contribution in [1.82, 2.24) is 16.4 Å². The minimum absolute atomic E-state index is 0. The quantitative estimate of drug-likeness (QED) is 0.0665. The normalized spacial score (nSPS) is 16.4. The molecule has 2 aromatic heterocycles. The Balaban J connectivity index is 0.000000176. The van der Waals surface area contributed by atoms with Gasteiger partial charge in [-0.1, -0.05) is 135 Å². The van der Waals surface area contributed by atoms with Crippen molar-refractivity contribution in [2.45, 2.75) is 136 Å². The first kappa shape index (κ1) is 80.3. The number of hydrogen-bond donors (Lipinski definition) is 6. The lowest BCUT2D eigenvalue weighted by atomic mass is 9.85. The number of aromatic carboxylic acids is 2. The summed E-state index contributed by atoms with van der Waals surface area (Å²) in [6.07, 6.45) is 7.39. The first-order valence-electron chi connectivity index (χ1n) is 31.3. The van der Waals surface area contributed by atoms with Crippen LogP contribution >= 0.6 is 67.6 Å². The topological polar surface area (TPSA) is 329 Å². The number of ether oxygens (including phenoxy) is 1. The van der Waals surface area contributed by atoms with Crippen molar-refractivity contribution in [3.8, 4) is 6.07 Å². The van der Waals surface area contributed by atoms with E-state index in [-0.39, 0.29) is 72.9 Å². The zero-order chi connectivity index (χ0) is 70.8. The lowest BCUT2D eigenvalue weighted by molar-refractivity contribution is -0.123. The van der Waals surface area contributed by atoms with Crippen molar-refractivity contribution in [3.63, 3.8) is 0 Å². The molecule has 7 heterocycles. The molecular formula is C77H76Cl2N6O12S5. The third-order valence-corrected chi connectivity index (χ3v) is 21.6. The molecule has 0 radical (unpaired) electrons. The average Bonchev–Trinajstić information content (AvgIpc) is 0.809. The number of Topliss-reactive ketones (excluding diaryl/α,β-unsaturated/α-hetero) is 1. The third-order valence-electron chi connectivity index (χ3n) is 16.8. The number of benzene rings is 8. The number of nitrogens with two attached hydrogens (primary N) is 2. The highest BCUT2D eigenvalue weighted by molar-refractivity contribution is 8.26. The summed E-state index contributed by atoms with van der Waals surface area (Å²) in [5, 5.41) is 33.3. The lowest BCUT2D eigenvalue weighted by Crippen LogP contribution is -2.48. The van der Waals surface area contributed by atoms with E-state index in [2.05, 4.69) is 63.1 Å². The fourth-order valence-corrected chi connectivity index (χ4v) is 17.2. The maximum absolute atomic E-state index is 12.3. The van der Waals surface area contributed by atoms with E-state index in [1.807, 2.05) is 81.4 Å². The summed E-state index contributed by atoms with van der Waals surface area (Å²) in [7, 11) is 7.36. The van der Waals surface area contributed by atoms with Crippen molar-refractivity contribution >= 4 is 158 Å². The smallest absolute Gasteiger partial charge is 0.410 e. The molecule has 15 rings (SSSR count). The number of amides is 3. The molecule has 4 atom stereocenters. The van der Waals surface area contributed by atoms with Crippen LogP contribution < -0.4 is 33.8 Å². The Kier molecular flexibility index (Phi) is 28.1. The molecule has 0 saturated carbocycles. The maximum atomic E-state index is 12.3. The number of piperidine rings is 2. The molecule has 5 aliphatic rings. The number of carbonyl (C=O) groups excluding carboxylic acids is 4. The van der Waals surface area contributed by atoms with Crippen LogP contribution in [0.5, 0.6) is 0 Å². The molecule has 4 bridgehead atoms. The largest absolute Gasteiger partial charge is 0.478 e. The van der Waals surface area contributed by atoms with Crippen LogP contribution in [-0.4, -0.2) is 84.7 Å². The summed E-state index contributed by atoms with van der Waals surface area (Å²) in [5.74, 6) is -2.55. The number of nitrogens with zero attached hydrogens (tertiary/aromatic N) is 2. The summed E-state index contributed by atoms with van der Waals surface area (Å²) in [6.45, 7) is 5.59. The Morgan fingerprint density at radius 3 is 1.57 bits per heavy atom. The summed E-state index contributed by atoms with van der Waals surface area (Å²) in [4.78, 5) is 99.0. The van der Waals surface area contributed by atoms with E-state index in [0.29, 0.717) is 77.5 Å². The number of carboxylic acid groups (broad SMARTS) is 2. The van der Waals surface area contributed by atoms with Crippen LogP contribution in [0.25, 0.3) is 45.9 Å². The molecule has 4 fully saturated rings. The molecule has 3 amide bonds. The molecule has 4 saturated heterocycles.